The van der Waals surface area contributed by atoms with Gasteiger partial charge in [0.2, 0.25) is 0 Å². The molecule has 3 aromatic carbocycles. The summed E-state index contributed by atoms with van der Waals surface area (Å²) in [6.45, 7) is 4.83. The Labute approximate surface area is 195 Å². The minimum Gasteiger partial charge on any atom is -0.497 e. The van der Waals surface area contributed by atoms with Crippen molar-refractivity contribution in [1.82, 2.24) is 0 Å². The van der Waals surface area contributed by atoms with Crippen molar-refractivity contribution in [3.8, 4) is 17.2 Å². The molecule has 3 rings (SSSR count). The molecule has 6 nitrogen and oxygen atoms in total. The van der Waals surface area contributed by atoms with Crippen LogP contribution in [0, 0.1) is 6.92 Å². The zero-order valence-electron chi connectivity index (χ0n) is 19.4. The van der Waals surface area contributed by atoms with Gasteiger partial charge >= 0.3 is 5.97 Å². The van der Waals surface area contributed by atoms with Gasteiger partial charge in [0.05, 0.1) is 30.7 Å². The summed E-state index contributed by atoms with van der Waals surface area (Å²) in [6, 6.07) is 19.6. The van der Waals surface area contributed by atoms with E-state index in [-0.39, 0.29) is 0 Å². The minimum atomic E-state index is -0.431. The predicted molar refractivity (Wildman–Crippen MR) is 129 cm³/mol. The molecule has 0 N–H and O–H groups in total. The molecule has 0 aliphatic carbocycles. The molecule has 0 saturated carbocycles. The summed E-state index contributed by atoms with van der Waals surface area (Å²) in [6.07, 6.45) is 4.73. The van der Waals surface area contributed by atoms with Crippen molar-refractivity contribution in [3.05, 3.63) is 77.9 Å². The molecule has 0 heterocycles. The van der Waals surface area contributed by atoms with Gasteiger partial charge in [-0.15, -0.1) is 0 Å². The fourth-order valence-electron chi connectivity index (χ4n) is 3.14. The standard InChI is InChI=1S/C27H30N2O4/c1-4-5-6-7-18-32-24-14-10-22(11-15-24)28-29-26-17-16-25(19-20(26)2)33-27(30)21-8-12-23(31-3)13-9-21/h8-17,19H,4-7,18H2,1-3H3. The number of hydrogen-bond acceptors (Lipinski definition) is 6. The van der Waals surface area contributed by atoms with E-state index >= 15 is 0 Å². The summed E-state index contributed by atoms with van der Waals surface area (Å²) < 4.78 is 16.3. The van der Waals surface area contributed by atoms with Crippen LogP contribution in [0.15, 0.2) is 77.0 Å². The van der Waals surface area contributed by atoms with Crippen LogP contribution >= 0.6 is 0 Å². The first kappa shape index (κ1) is 24.0. The van der Waals surface area contributed by atoms with Gasteiger partial charge in [-0.25, -0.2) is 4.79 Å². The van der Waals surface area contributed by atoms with Gasteiger partial charge in [0.25, 0.3) is 0 Å². The lowest BCUT2D eigenvalue weighted by molar-refractivity contribution is 0.0734. The summed E-state index contributed by atoms with van der Waals surface area (Å²) in [5.41, 5.74) is 2.75. The zero-order chi connectivity index (χ0) is 23.5. The highest BCUT2D eigenvalue weighted by molar-refractivity contribution is 5.91. The molecule has 6 heteroatoms. The number of azo groups is 1. The average molecular weight is 447 g/mol. The molecular formula is C27H30N2O4. The molecule has 0 aliphatic heterocycles. The second kappa shape index (κ2) is 12.4. The molecule has 0 saturated heterocycles. The van der Waals surface area contributed by atoms with Gasteiger partial charge in [-0.05, 0) is 85.6 Å². The molecule has 33 heavy (non-hydrogen) atoms. The van der Waals surface area contributed by atoms with Crippen molar-refractivity contribution in [2.75, 3.05) is 13.7 Å². The Morgan fingerprint density at radius 2 is 1.52 bits per heavy atom. The van der Waals surface area contributed by atoms with Crippen LogP contribution in [0.4, 0.5) is 11.4 Å². The maximum Gasteiger partial charge on any atom is 0.343 e. The molecule has 172 valence electrons. The summed E-state index contributed by atoms with van der Waals surface area (Å²) in [5.74, 6) is 1.54. The number of hydrogen-bond donors (Lipinski definition) is 0. The fraction of sp³-hybridized carbons (Fsp3) is 0.296. The first-order valence-electron chi connectivity index (χ1n) is 11.2. The molecule has 0 spiro atoms. The van der Waals surface area contributed by atoms with E-state index in [9.17, 15) is 4.79 Å². The Morgan fingerprint density at radius 1 is 0.818 bits per heavy atom. The van der Waals surface area contributed by atoms with E-state index in [0.29, 0.717) is 22.7 Å². The quantitative estimate of drug-likeness (QED) is 0.132. The van der Waals surface area contributed by atoms with Gasteiger partial charge in [-0.1, -0.05) is 26.2 Å². The van der Waals surface area contributed by atoms with Gasteiger partial charge in [0, 0.05) is 0 Å². The average Bonchev–Trinajstić information content (AvgIpc) is 2.84. The van der Waals surface area contributed by atoms with Crippen LogP contribution in [0.5, 0.6) is 17.2 Å². The number of carbonyl (C=O) groups is 1. The third-order valence-electron chi connectivity index (χ3n) is 5.08. The predicted octanol–water partition coefficient (Wildman–Crippen LogP) is 7.60. The third kappa shape index (κ3) is 7.45. The number of nitrogens with zero attached hydrogens (tertiary/aromatic N) is 2. The smallest absolute Gasteiger partial charge is 0.343 e. The lowest BCUT2D eigenvalue weighted by Crippen LogP contribution is -2.08. The summed E-state index contributed by atoms with van der Waals surface area (Å²) >= 11 is 0. The van der Waals surface area contributed by atoms with E-state index in [2.05, 4.69) is 17.2 Å². The molecule has 0 atom stereocenters. The normalized spacial score (nSPS) is 10.9. The molecule has 0 aromatic heterocycles. The van der Waals surface area contributed by atoms with Crippen LogP contribution in [0.2, 0.25) is 0 Å². The van der Waals surface area contributed by atoms with Crippen LogP contribution in [-0.4, -0.2) is 19.7 Å². The van der Waals surface area contributed by atoms with Gasteiger partial charge in [0.1, 0.15) is 17.2 Å². The highest BCUT2D eigenvalue weighted by Gasteiger charge is 2.10. The van der Waals surface area contributed by atoms with E-state index in [1.165, 1.54) is 19.3 Å². The lowest BCUT2D eigenvalue weighted by Gasteiger charge is -2.07. The molecule has 0 amide bonds. The Bertz CT molecular complexity index is 1060. The van der Waals surface area contributed by atoms with Crippen molar-refractivity contribution < 1.29 is 19.0 Å². The number of benzene rings is 3. The van der Waals surface area contributed by atoms with Crippen LogP contribution in [-0.2, 0) is 0 Å². The Kier molecular flexibility index (Phi) is 9.00. The first-order valence-corrected chi connectivity index (χ1v) is 11.2. The number of aryl methyl sites for hydroxylation is 1. The van der Waals surface area contributed by atoms with E-state index in [0.717, 1.165) is 30.0 Å². The number of esters is 1. The van der Waals surface area contributed by atoms with E-state index < -0.39 is 5.97 Å². The van der Waals surface area contributed by atoms with Gasteiger partial charge in [0.15, 0.2) is 0 Å². The van der Waals surface area contributed by atoms with Gasteiger partial charge in [-0.3, -0.25) is 0 Å². The molecule has 0 bridgehead atoms. The second-order valence-corrected chi connectivity index (χ2v) is 7.67. The second-order valence-electron chi connectivity index (χ2n) is 7.67. The SMILES string of the molecule is CCCCCCOc1ccc(N=Nc2ccc(OC(=O)c3ccc(OC)cc3)cc2C)cc1. The van der Waals surface area contributed by atoms with E-state index in [1.54, 1.807) is 49.6 Å². The molecular weight excluding hydrogens is 416 g/mol. The highest BCUT2D eigenvalue weighted by Crippen LogP contribution is 2.27. The monoisotopic (exact) mass is 446 g/mol. The van der Waals surface area contributed by atoms with Crippen molar-refractivity contribution in [1.29, 1.82) is 0 Å². The van der Waals surface area contributed by atoms with Crippen LogP contribution < -0.4 is 14.2 Å². The largest absolute Gasteiger partial charge is 0.497 e. The summed E-state index contributed by atoms with van der Waals surface area (Å²) in [4.78, 5) is 12.3. The van der Waals surface area contributed by atoms with Crippen molar-refractivity contribution in [2.24, 2.45) is 10.2 Å². The Morgan fingerprint density at radius 3 is 2.18 bits per heavy atom. The molecule has 0 aliphatic rings. The van der Waals surface area contributed by atoms with E-state index in [4.69, 9.17) is 14.2 Å². The van der Waals surface area contributed by atoms with Crippen molar-refractivity contribution in [2.45, 2.75) is 39.5 Å². The number of methoxy groups -OCH3 is 1. The topological polar surface area (TPSA) is 69.5 Å². The molecule has 3 aromatic rings. The highest BCUT2D eigenvalue weighted by atomic mass is 16.5. The lowest BCUT2D eigenvalue weighted by atomic mass is 10.2. The third-order valence-corrected chi connectivity index (χ3v) is 5.08. The van der Waals surface area contributed by atoms with Crippen LogP contribution in [0.1, 0.15) is 48.5 Å². The number of ether oxygens (including phenoxy) is 3. The fourth-order valence-corrected chi connectivity index (χ4v) is 3.14. The molecule has 0 unspecified atom stereocenters. The maximum absolute atomic E-state index is 12.3. The zero-order valence-corrected chi connectivity index (χ0v) is 19.4. The number of rotatable bonds is 11. The molecule has 0 radical (unpaired) electrons. The number of unbranched alkanes of at least 4 members (excludes halogenated alkanes) is 3. The Hall–Kier alpha value is -3.67. The van der Waals surface area contributed by atoms with Crippen LogP contribution in [0.25, 0.3) is 0 Å². The van der Waals surface area contributed by atoms with Crippen LogP contribution in [0.3, 0.4) is 0 Å². The number of carbonyl (C=O) groups excluding carboxylic acids is 1. The summed E-state index contributed by atoms with van der Waals surface area (Å²) in [5, 5.41) is 8.63. The maximum atomic E-state index is 12.3. The Balaban J connectivity index is 1.55. The molecule has 0 fully saturated rings. The van der Waals surface area contributed by atoms with Crippen molar-refractivity contribution >= 4 is 17.3 Å². The summed E-state index contributed by atoms with van der Waals surface area (Å²) in [7, 11) is 1.58. The van der Waals surface area contributed by atoms with Gasteiger partial charge < -0.3 is 14.2 Å². The van der Waals surface area contributed by atoms with Crippen molar-refractivity contribution in [3.63, 3.8) is 0 Å². The minimum absolute atomic E-state index is 0.431. The van der Waals surface area contributed by atoms with E-state index in [1.807, 2.05) is 31.2 Å². The first-order chi connectivity index (χ1) is 16.1. The van der Waals surface area contributed by atoms with Gasteiger partial charge in [-0.2, -0.15) is 10.2 Å².